The normalized spacial score (nSPS) is 12.1. The molecule has 0 bridgehead atoms. The molecule has 0 fully saturated rings. The zero-order valence-corrected chi connectivity index (χ0v) is 12.3. The third-order valence-corrected chi connectivity index (χ3v) is 4.04. The maximum Gasteiger partial charge on any atom is 0.251 e. The van der Waals surface area contributed by atoms with Crippen molar-refractivity contribution in [2.75, 3.05) is 0 Å². The number of hydrogen-bond acceptors (Lipinski definition) is 4. The van der Waals surface area contributed by atoms with Crippen molar-refractivity contribution in [1.82, 2.24) is 10.3 Å². The van der Waals surface area contributed by atoms with E-state index in [-0.39, 0.29) is 11.9 Å². The van der Waals surface area contributed by atoms with Gasteiger partial charge in [-0.15, -0.1) is 11.3 Å². The van der Waals surface area contributed by atoms with Crippen LogP contribution >= 0.6 is 11.3 Å². The van der Waals surface area contributed by atoms with E-state index in [2.05, 4.69) is 23.3 Å². The maximum absolute atomic E-state index is 12.3. The van der Waals surface area contributed by atoms with Gasteiger partial charge in [-0.25, -0.2) is 0 Å². The molecule has 1 atom stereocenters. The first-order valence-corrected chi connectivity index (χ1v) is 7.61. The monoisotopic (exact) mass is 289 g/mol. The van der Waals surface area contributed by atoms with Gasteiger partial charge >= 0.3 is 0 Å². The minimum atomic E-state index is -0.0750. The summed E-state index contributed by atoms with van der Waals surface area (Å²) in [4.78, 5) is 17.6. The van der Waals surface area contributed by atoms with Crippen LogP contribution in [0.2, 0.25) is 0 Å². The van der Waals surface area contributed by atoms with Gasteiger partial charge in [0.05, 0.1) is 11.7 Å². The van der Waals surface area contributed by atoms with Crippen LogP contribution in [-0.4, -0.2) is 10.9 Å². The fourth-order valence-corrected chi connectivity index (χ4v) is 2.85. The number of pyridine rings is 1. The summed E-state index contributed by atoms with van der Waals surface area (Å²) >= 11 is 1.67. The molecule has 20 heavy (non-hydrogen) atoms. The van der Waals surface area contributed by atoms with Crippen LogP contribution in [0.25, 0.3) is 0 Å². The van der Waals surface area contributed by atoms with E-state index in [9.17, 15) is 4.79 Å². The Kier molecular flexibility index (Phi) is 5.26. The highest BCUT2D eigenvalue weighted by Gasteiger charge is 2.16. The molecule has 2 rings (SSSR count). The molecule has 5 heteroatoms. The van der Waals surface area contributed by atoms with Gasteiger partial charge in [-0.3, -0.25) is 9.78 Å². The summed E-state index contributed by atoms with van der Waals surface area (Å²) in [5, 5.41) is 5.12. The van der Waals surface area contributed by atoms with Gasteiger partial charge in [-0.1, -0.05) is 19.4 Å². The Morgan fingerprint density at radius 2 is 2.35 bits per heavy atom. The van der Waals surface area contributed by atoms with Crippen LogP contribution < -0.4 is 11.1 Å². The van der Waals surface area contributed by atoms with Gasteiger partial charge < -0.3 is 11.1 Å². The number of nitrogens with two attached hydrogens (primary N) is 1. The van der Waals surface area contributed by atoms with Crippen LogP contribution in [0.4, 0.5) is 0 Å². The Labute approximate surface area is 123 Å². The Morgan fingerprint density at radius 1 is 1.50 bits per heavy atom. The van der Waals surface area contributed by atoms with E-state index >= 15 is 0 Å². The molecule has 2 aromatic rings. The van der Waals surface area contributed by atoms with Gasteiger partial charge in [0.25, 0.3) is 5.91 Å². The summed E-state index contributed by atoms with van der Waals surface area (Å²) in [7, 11) is 0. The summed E-state index contributed by atoms with van der Waals surface area (Å²) in [6.07, 6.45) is 3.57. The van der Waals surface area contributed by atoms with Crippen molar-refractivity contribution in [3.8, 4) is 0 Å². The van der Waals surface area contributed by atoms with Crippen molar-refractivity contribution in [1.29, 1.82) is 0 Å². The molecule has 0 aliphatic rings. The van der Waals surface area contributed by atoms with Crippen LogP contribution in [-0.2, 0) is 6.54 Å². The number of thiophene rings is 1. The number of aromatic nitrogens is 1. The van der Waals surface area contributed by atoms with E-state index in [1.807, 2.05) is 11.4 Å². The highest BCUT2D eigenvalue weighted by molar-refractivity contribution is 7.10. The number of nitrogens with one attached hydrogen (secondary N) is 1. The fourth-order valence-electron chi connectivity index (χ4n) is 2.04. The zero-order chi connectivity index (χ0) is 14.4. The minimum Gasteiger partial charge on any atom is -0.344 e. The molecule has 2 heterocycles. The van der Waals surface area contributed by atoms with Crippen molar-refractivity contribution >= 4 is 17.2 Å². The zero-order valence-electron chi connectivity index (χ0n) is 11.5. The van der Waals surface area contributed by atoms with Crippen molar-refractivity contribution < 1.29 is 4.79 Å². The lowest BCUT2D eigenvalue weighted by Gasteiger charge is -2.17. The topological polar surface area (TPSA) is 68.0 Å². The summed E-state index contributed by atoms with van der Waals surface area (Å²) < 4.78 is 0. The van der Waals surface area contributed by atoms with Crippen LogP contribution in [0.3, 0.4) is 0 Å². The Morgan fingerprint density at radius 3 is 3.00 bits per heavy atom. The Bertz CT molecular complexity index is 554. The van der Waals surface area contributed by atoms with Gasteiger partial charge in [0.1, 0.15) is 0 Å². The third-order valence-electron chi connectivity index (χ3n) is 3.06. The van der Waals surface area contributed by atoms with Crippen LogP contribution in [0.15, 0.2) is 35.8 Å². The van der Waals surface area contributed by atoms with Gasteiger partial charge in [-0.05, 0) is 30.0 Å². The minimum absolute atomic E-state index is 0.0713. The number of nitrogens with zero attached hydrogens (tertiary/aromatic N) is 1. The first-order valence-electron chi connectivity index (χ1n) is 6.73. The predicted molar refractivity (Wildman–Crippen MR) is 81.6 cm³/mol. The molecule has 0 aromatic carbocycles. The van der Waals surface area contributed by atoms with E-state index in [0.29, 0.717) is 12.1 Å². The average Bonchev–Trinajstić information content (AvgIpc) is 3.01. The summed E-state index contributed by atoms with van der Waals surface area (Å²) in [6, 6.07) is 7.59. The largest absolute Gasteiger partial charge is 0.344 e. The van der Waals surface area contributed by atoms with Crippen molar-refractivity contribution in [2.45, 2.75) is 32.4 Å². The molecule has 0 aliphatic carbocycles. The highest BCUT2D eigenvalue weighted by Crippen LogP contribution is 2.23. The lowest BCUT2D eigenvalue weighted by atomic mass is 10.1. The first-order chi connectivity index (χ1) is 9.74. The van der Waals surface area contributed by atoms with Gasteiger partial charge in [0, 0.05) is 23.2 Å². The van der Waals surface area contributed by atoms with E-state index in [4.69, 9.17) is 5.73 Å². The maximum atomic E-state index is 12.3. The molecule has 106 valence electrons. The second kappa shape index (κ2) is 7.17. The van der Waals surface area contributed by atoms with Gasteiger partial charge in [0.15, 0.2) is 0 Å². The van der Waals surface area contributed by atoms with E-state index in [1.54, 1.807) is 29.7 Å². The number of amides is 1. The fraction of sp³-hybridized carbons (Fsp3) is 0.333. The average molecular weight is 289 g/mol. The molecule has 1 amide bonds. The lowest BCUT2D eigenvalue weighted by molar-refractivity contribution is 0.0935. The Hall–Kier alpha value is -1.72. The highest BCUT2D eigenvalue weighted by atomic mass is 32.1. The molecule has 0 spiro atoms. The third kappa shape index (κ3) is 3.65. The standard InChI is InChI=1S/C15H19N3OS/c1-2-4-13(14-5-3-8-20-14)18-15(19)11-6-7-17-12(9-11)10-16/h3,5-9,13H,2,4,10,16H2,1H3,(H,18,19). The van der Waals surface area contributed by atoms with Gasteiger partial charge in [-0.2, -0.15) is 0 Å². The SMILES string of the molecule is CCCC(NC(=O)c1ccnc(CN)c1)c1cccs1. The van der Waals surface area contributed by atoms with Gasteiger partial charge in [0.2, 0.25) is 0 Å². The molecule has 0 saturated carbocycles. The van der Waals surface area contributed by atoms with Crippen molar-refractivity contribution in [2.24, 2.45) is 5.73 Å². The lowest BCUT2D eigenvalue weighted by Crippen LogP contribution is -2.28. The quantitative estimate of drug-likeness (QED) is 0.859. The van der Waals surface area contributed by atoms with Crippen molar-refractivity contribution in [3.63, 3.8) is 0 Å². The van der Waals surface area contributed by atoms with Crippen LogP contribution in [0, 0.1) is 0 Å². The summed E-state index contributed by atoms with van der Waals surface area (Å²) in [6.45, 7) is 2.45. The van der Waals surface area contributed by atoms with E-state index < -0.39 is 0 Å². The molecule has 3 N–H and O–H groups in total. The molecule has 0 radical (unpaired) electrons. The summed E-state index contributed by atoms with van der Waals surface area (Å²) in [5.74, 6) is -0.0750. The van der Waals surface area contributed by atoms with Crippen LogP contribution in [0.5, 0.6) is 0 Å². The second-order valence-corrected chi connectivity index (χ2v) is 5.55. The molecular formula is C15H19N3OS. The smallest absolute Gasteiger partial charge is 0.251 e. The second-order valence-electron chi connectivity index (χ2n) is 4.57. The summed E-state index contributed by atoms with van der Waals surface area (Å²) in [5.41, 5.74) is 6.88. The molecule has 0 saturated heterocycles. The molecule has 1 unspecified atom stereocenters. The van der Waals surface area contributed by atoms with E-state index in [1.165, 1.54) is 4.88 Å². The number of hydrogen-bond donors (Lipinski definition) is 2. The predicted octanol–water partition coefficient (Wildman–Crippen LogP) is 2.87. The number of carbonyl (C=O) groups excluding carboxylic acids is 1. The van der Waals surface area contributed by atoms with Crippen LogP contribution in [0.1, 0.15) is 46.7 Å². The van der Waals surface area contributed by atoms with E-state index in [0.717, 1.165) is 18.5 Å². The number of carbonyl (C=O) groups is 1. The number of rotatable bonds is 6. The first kappa shape index (κ1) is 14.7. The van der Waals surface area contributed by atoms with Crippen molar-refractivity contribution in [3.05, 3.63) is 52.0 Å². The molecule has 2 aromatic heterocycles. The molecule has 0 aliphatic heterocycles. The molecular weight excluding hydrogens is 270 g/mol. The molecule has 4 nitrogen and oxygen atoms in total. The Balaban J connectivity index is 2.11.